The quantitative estimate of drug-likeness (QED) is 0.816. The Balaban J connectivity index is 1.83. The maximum absolute atomic E-state index is 12.2. The van der Waals surface area contributed by atoms with Crippen molar-refractivity contribution in [3.63, 3.8) is 0 Å². The lowest BCUT2D eigenvalue weighted by molar-refractivity contribution is -0.129. The third-order valence-corrected chi connectivity index (χ3v) is 4.16. The zero-order valence-electron chi connectivity index (χ0n) is 14.7. The number of benzene rings is 1. The number of nitrogens with zero attached hydrogens (tertiary/aromatic N) is 2. The average Bonchev–Trinajstić information content (AvgIpc) is 2.89. The molecule has 0 aliphatic rings. The van der Waals surface area contributed by atoms with E-state index in [0.717, 1.165) is 22.8 Å². The van der Waals surface area contributed by atoms with Crippen LogP contribution in [-0.2, 0) is 17.6 Å². The molecule has 2 rings (SSSR count). The van der Waals surface area contributed by atoms with E-state index < -0.39 is 0 Å². The van der Waals surface area contributed by atoms with Gasteiger partial charge in [0, 0.05) is 32.1 Å². The van der Waals surface area contributed by atoms with E-state index in [1.54, 1.807) is 24.1 Å². The standard InChI is InChI=1S/C18H25N3O3/c1-12-13(2)20-17(19-12)7-8-18(23)21(3)10-9-14-5-6-15(22)16(11-14)24-4/h5-6,11,22H,7-10H2,1-4H3,(H,19,20). The highest BCUT2D eigenvalue weighted by molar-refractivity contribution is 5.76. The molecule has 130 valence electrons. The number of aromatic nitrogens is 2. The lowest BCUT2D eigenvalue weighted by atomic mass is 10.1. The number of phenolic OH excluding ortho intramolecular Hbond substituents is 1. The lowest BCUT2D eigenvalue weighted by Gasteiger charge is -2.17. The average molecular weight is 331 g/mol. The molecule has 0 aliphatic carbocycles. The van der Waals surface area contributed by atoms with Gasteiger partial charge in [-0.15, -0.1) is 0 Å². The van der Waals surface area contributed by atoms with E-state index in [4.69, 9.17) is 4.74 Å². The number of methoxy groups -OCH3 is 1. The zero-order chi connectivity index (χ0) is 17.7. The minimum atomic E-state index is 0.0902. The van der Waals surface area contributed by atoms with Gasteiger partial charge in [0.15, 0.2) is 11.5 Å². The molecule has 0 radical (unpaired) electrons. The number of likely N-dealkylation sites (N-methyl/N-ethyl adjacent to an activating group) is 1. The summed E-state index contributed by atoms with van der Waals surface area (Å²) >= 11 is 0. The van der Waals surface area contributed by atoms with Gasteiger partial charge in [-0.05, 0) is 38.0 Å². The highest BCUT2D eigenvalue weighted by Crippen LogP contribution is 2.26. The molecule has 1 aromatic heterocycles. The van der Waals surface area contributed by atoms with Crippen molar-refractivity contribution in [1.82, 2.24) is 14.9 Å². The predicted octanol–water partition coefficient (Wildman–Crippen LogP) is 2.37. The summed E-state index contributed by atoms with van der Waals surface area (Å²) in [7, 11) is 3.32. The number of aromatic amines is 1. The molecule has 1 amide bonds. The first-order valence-corrected chi connectivity index (χ1v) is 8.02. The second kappa shape index (κ2) is 7.86. The number of aromatic hydroxyl groups is 1. The van der Waals surface area contributed by atoms with Crippen LogP contribution in [0.15, 0.2) is 18.2 Å². The van der Waals surface area contributed by atoms with Crippen molar-refractivity contribution in [2.75, 3.05) is 20.7 Å². The van der Waals surface area contributed by atoms with Crippen LogP contribution in [0.2, 0.25) is 0 Å². The molecule has 6 nitrogen and oxygen atoms in total. The van der Waals surface area contributed by atoms with E-state index >= 15 is 0 Å². The fourth-order valence-electron chi connectivity index (χ4n) is 2.45. The van der Waals surface area contributed by atoms with Crippen LogP contribution in [0.5, 0.6) is 11.5 Å². The van der Waals surface area contributed by atoms with Crippen LogP contribution in [0.4, 0.5) is 0 Å². The maximum atomic E-state index is 12.2. The highest BCUT2D eigenvalue weighted by atomic mass is 16.5. The summed E-state index contributed by atoms with van der Waals surface area (Å²) in [6.07, 6.45) is 1.75. The minimum absolute atomic E-state index is 0.0902. The Morgan fingerprint density at radius 1 is 1.33 bits per heavy atom. The second-order valence-electron chi connectivity index (χ2n) is 5.97. The molecule has 0 fully saturated rings. The number of phenols is 1. The Bertz CT molecular complexity index is 690. The number of nitrogens with one attached hydrogen (secondary N) is 1. The topological polar surface area (TPSA) is 78.5 Å². The van der Waals surface area contributed by atoms with Gasteiger partial charge >= 0.3 is 0 Å². The summed E-state index contributed by atoms with van der Waals surface area (Å²) in [5.41, 5.74) is 3.04. The molecular formula is C18H25N3O3. The van der Waals surface area contributed by atoms with E-state index in [9.17, 15) is 9.90 Å². The van der Waals surface area contributed by atoms with E-state index in [1.807, 2.05) is 19.9 Å². The van der Waals surface area contributed by atoms with Gasteiger partial charge in [-0.2, -0.15) is 0 Å². The fourth-order valence-corrected chi connectivity index (χ4v) is 2.45. The van der Waals surface area contributed by atoms with Crippen molar-refractivity contribution < 1.29 is 14.6 Å². The molecule has 24 heavy (non-hydrogen) atoms. The van der Waals surface area contributed by atoms with Crippen LogP contribution < -0.4 is 4.74 Å². The summed E-state index contributed by atoms with van der Waals surface area (Å²) in [4.78, 5) is 21.5. The first-order valence-electron chi connectivity index (χ1n) is 8.02. The highest BCUT2D eigenvalue weighted by Gasteiger charge is 2.11. The maximum Gasteiger partial charge on any atom is 0.222 e. The van der Waals surface area contributed by atoms with Crippen LogP contribution in [0, 0.1) is 13.8 Å². The Morgan fingerprint density at radius 2 is 2.08 bits per heavy atom. The third-order valence-electron chi connectivity index (χ3n) is 4.16. The molecule has 2 N–H and O–H groups in total. The number of rotatable bonds is 7. The van der Waals surface area contributed by atoms with Crippen molar-refractivity contribution in [1.29, 1.82) is 0 Å². The second-order valence-corrected chi connectivity index (χ2v) is 5.97. The summed E-state index contributed by atoms with van der Waals surface area (Å²) in [6.45, 7) is 4.55. The van der Waals surface area contributed by atoms with Crippen LogP contribution >= 0.6 is 0 Å². The van der Waals surface area contributed by atoms with Gasteiger partial charge in [-0.3, -0.25) is 4.79 Å². The van der Waals surface area contributed by atoms with E-state index in [2.05, 4.69) is 9.97 Å². The monoisotopic (exact) mass is 331 g/mol. The molecule has 0 saturated carbocycles. The van der Waals surface area contributed by atoms with Gasteiger partial charge in [-0.1, -0.05) is 6.07 Å². The number of hydrogen-bond acceptors (Lipinski definition) is 4. The molecular weight excluding hydrogens is 306 g/mol. The smallest absolute Gasteiger partial charge is 0.222 e. The van der Waals surface area contributed by atoms with Gasteiger partial charge in [0.2, 0.25) is 5.91 Å². The molecule has 0 spiro atoms. The van der Waals surface area contributed by atoms with Crippen LogP contribution in [0.25, 0.3) is 0 Å². The van der Waals surface area contributed by atoms with Crippen molar-refractivity contribution >= 4 is 5.91 Å². The first kappa shape index (κ1) is 17.8. The molecule has 0 atom stereocenters. The number of carbonyl (C=O) groups excluding carboxylic acids is 1. The number of aryl methyl sites for hydroxylation is 3. The van der Waals surface area contributed by atoms with E-state index in [0.29, 0.717) is 31.6 Å². The van der Waals surface area contributed by atoms with Gasteiger partial charge in [0.25, 0.3) is 0 Å². The SMILES string of the molecule is COc1cc(CCN(C)C(=O)CCc2nc(C)c(C)[nH]2)ccc1O. The Kier molecular flexibility index (Phi) is 5.84. The third kappa shape index (κ3) is 4.50. The molecule has 6 heteroatoms. The largest absolute Gasteiger partial charge is 0.504 e. The molecule has 1 aromatic carbocycles. The summed E-state index contributed by atoms with van der Waals surface area (Å²) in [6, 6.07) is 5.24. The fraction of sp³-hybridized carbons (Fsp3) is 0.444. The lowest BCUT2D eigenvalue weighted by Crippen LogP contribution is -2.29. The molecule has 1 heterocycles. The number of hydrogen-bond donors (Lipinski definition) is 2. The summed E-state index contributed by atoms with van der Waals surface area (Å²) in [5, 5.41) is 9.60. The van der Waals surface area contributed by atoms with Crippen LogP contribution in [0.1, 0.15) is 29.2 Å². The molecule has 0 unspecified atom stereocenters. The predicted molar refractivity (Wildman–Crippen MR) is 92.4 cm³/mol. The van der Waals surface area contributed by atoms with Gasteiger partial charge in [0.05, 0.1) is 12.8 Å². The van der Waals surface area contributed by atoms with Gasteiger partial charge < -0.3 is 19.7 Å². The minimum Gasteiger partial charge on any atom is -0.504 e. The number of H-pyrrole nitrogens is 1. The molecule has 0 bridgehead atoms. The first-order chi connectivity index (χ1) is 11.4. The molecule has 0 aliphatic heterocycles. The van der Waals surface area contributed by atoms with E-state index in [-0.39, 0.29) is 11.7 Å². The summed E-state index contributed by atoms with van der Waals surface area (Å²) in [5.74, 6) is 1.52. The van der Waals surface area contributed by atoms with Crippen LogP contribution in [0.3, 0.4) is 0 Å². The normalized spacial score (nSPS) is 10.7. The Hall–Kier alpha value is -2.50. The Labute approximate surface area is 142 Å². The van der Waals surface area contributed by atoms with Gasteiger partial charge in [-0.25, -0.2) is 4.98 Å². The summed E-state index contributed by atoms with van der Waals surface area (Å²) < 4.78 is 5.10. The van der Waals surface area contributed by atoms with E-state index in [1.165, 1.54) is 7.11 Å². The molecule has 0 saturated heterocycles. The van der Waals surface area contributed by atoms with Crippen LogP contribution in [-0.4, -0.2) is 46.6 Å². The van der Waals surface area contributed by atoms with Gasteiger partial charge in [0.1, 0.15) is 5.82 Å². The number of carbonyl (C=O) groups is 1. The van der Waals surface area contributed by atoms with Crippen molar-refractivity contribution in [3.05, 3.63) is 41.0 Å². The number of ether oxygens (including phenoxy) is 1. The Morgan fingerprint density at radius 3 is 2.71 bits per heavy atom. The zero-order valence-corrected chi connectivity index (χ0v) is 14.7. The van der Waals surface area contributed by atoms with Crippen molar-refractivity contribution in [2.24, 2.45) is 0 Å². The van der Waals surface area contributed by atoms with Crippen molar-refractivity contribution in [2.45, 2.75) is 33.1 Å². The molecule has 2 aromatic rings. The number of amides is 1. The number of imidazole rings is 1. The van der Waals surface area contributed by atoms with Crippen molar-refractivity contribution in [3.8, 4) is 11.5 Å².